The van der Waals surface area contributed by atoms with E-state index in [1.54, 1.807) is 18.0 Å². The molecule has 86 valence electrons. The zero-order valence-electron chi connectivity index (χ0n) is 9.39. The van der Waals surface area contributed by atoms with Crippen molar-refractivity contribution in [3.63, 3.8) is 0 Å². The summed E-state index contributed by atoms with van der Waals surface area (Å²) in [6.07, 6.45) is 2.65. The molecule has 2 heterocycles. The molecule has 1 aromatic rings. The van der Waals surface area contributed by atoms with Crippen molar-refractivity contribution in [1.82, 2.24) is 9.88 Å². The van der Waals surface area contributed by atoms with E-state index in [0.29, 0.717) is 25.9 Å². The largest absolute Gasteiger partial charge is 0.388 e. The summed E-state index contributed by atoms with van der Waals surface area (Å²) in [4.78, 5) is 17.7. The van der Waals surface area contributed by atoms with Crippen molar-refractivity contribution in [1.29, 1.82) is 0 Å². The number of carbonyl (C=O) groups is 1. The van der Waals surface area contributed by atoms with Crippen LogP contribution in [0.3, 0.4) is 0 Å². The Morgan fingerprint density at radius 3 is 3.00 bits per heavy atom. The Morgan fingerprint density at radius 1 is 1.62 bits per heavy atom. The van der Waals surface area contributed by atoms with Gasteiger partial charge in [0, 0.05) is 25.0 Å². The maximum absolute atomic E-state index is 11.9. The minimum Gasteiger partial charge on any atom is -0.388 e. The van der Waals surface area contributed by atoms with Crippen LogP contribution < -0.4 is 0 Å². The number of β-amino-alcohol motifs (C(OH)–C–C–N with tert-alkyl or cyclic N) is 1. The average molecular weight is 220 g/mol. The lowest BCUT2D eigenvalue weighted by Crippen LogP contribution is -2.34. The first-order valence-electron chi connectivity index (χ1n) is 5.47. The molecule has 0 bridgehead atoms. The van der Waals surface area contributed by atoms with Crippen molar-refractivity contribution in [3.05, 3.63) is 30.1 Å². The highest BCUT2D eigenvalue weighted by Gasteiger charge is 2.33. The summed E-state index contributed by atoms with van der Waals surface area (Å²) in [5.41, 5.74) is 0.0544. The highest BCUT2D eigenvalue weighted by atomic mass is 16.3. The Balaban J connectivity index is 1.95. The molecule has 1 aromatic heterocycles. The van der Waals surface area contributed by atoms with Crippen LogP contribution in [0, 0.1) is 0 Å². The van der Waals surface area contributed by atoms with Gasteiger partial charge in [0.15, 0.2) is 0 Å². The Hall–Kier alpha value is -1.42. The summed E-state index contributed by atoms with van der Waals surface area (Å²) >= 11 is 0. The van der Waals surface area contributed by atoms with E-state index in [1.807, 2.05) is 18.2 Å². The molecule has 0 saturated carbocycles. The molecule has 1 aliphatic heterocycles. The van der Waals surface area contributed by atoms with Crippen molar-refractivity contribution in [2.24, 2.45) is 0 Å². The number of hydrogen-bond donors (Lipinski definition) is 1. The number of aromatic nitrogens is 1. The van der Waals surface area contributed by atoms with Crippen molar-refractivity contribution < 1.29 is 9.90 Å². The first kappa shape index (κ1) is 11.1. The van der Waals surface area contributed by atoms with Crippen LogP contribution in [-0.2, 0) is 11.2 Å². The summed E-state index contributed by atoms with van der Waals surface area (Å²) in [6, 6.07) is 5.54. The smallest absolute Gasteiger partial charge is 0.228 e. The van der Waals surface area contributed by atoms with E-state index in [2.05, 4.69) is 4.98 Å². The Bertz CT molecular complexity index is 376. The highest BCUT2D eigenvalue weighted by molar-refractivity contribution is 5.78. The lowest BCUT2D eigenvalue weighted by Gasteiger charge is -2.18. The highest BCUT2D eigenvalue weighted by Crippen LogP contribution is 2.20. The summed E-state index contributed by atoms with van der Waals surface area (Å²) < 4.78 is 0. The third-order valence-electron chi connectivity index (χ3n) is 2.86. The molecule has 1 N–H and O–H groups in total. The number of nitrogens with zero attached hydrogens (tertiary/aromatic N) is 2. The van der Waals surface area contributed by atoms with Gasteiger partial charge in [-0.25, -0.2) is 0 Å². The Labute approximate surface area is 94.9 Å². The molecule has 1 unspecified atom stereocenters. The third-order valence-corrected chi connectivity index (χ3v) is 2.86. The van der Waals surface area contributed by atoms with Gasteiger partial charge in [0.05, 0.1) is 12.0 Å². The topological polar surface area (TPSA) is 53.4 Å². The van der Waals surface area contributed by atoms with Crippen LogP contribution in [0.25, 0.3) is 0 Å². The zero-order chi connectivity index (χ0) is 11.6. The predicted octanol–water partition coefficient (Wildman–Crippen LogP) is 0.607. The summed E-state index contributed by atoms with van der Waals surface area (Å²) in [5.74, 6) is 0.0384. The minimum atomic E-state index is -0.722. The fourth-order valence-electron chi connectivity index (χ4n) is 1.93. The van der Waals surface area contributed by atoms with Crippen LogP contribution in [0.4, 0.5) is 0 Å². The molecule has 1 atom stereocenters. The monoisotopic (exact) mass is 220 g/mol. The van der Waals surface area contributed by atoms with Crippen molar-refractivity contribution in [3.8, 4) is 0 Å². The molecule has 1 fully saturated rings. The second-order valence-corrected chi connectivity index (χ2v) is 4.56. The number of carbonyl (C=O) groups excluding carboxylic acids is 1. The van der Waals surface area contributed by atoms with Crippen LogP contribution in [0.2, 0.25) is 0 Å². The lowest BCUT2D eigenvalue weighted by molar-refractivity contribution is -0.130. The Kier molecular flexibility index (Phi) is 2.92. The molecule has 1 amide bonds. The van der Waals surface area contributed by atoms with E-state index < -0.39 is 5.60 Å². The molecule has 1 aliphatic rings. The number of amides is 1. The van der Waals surface area contributed by atoms with Crippen LogP contribution >= 0.6 is 0 Å². The SMILES string of the molecule is CC1(O)CCN(C(=O)Cc2ccccn2)C1. The summed E-state index contributed by atoms with van der Waals surface area (Å²) in [7, 11) is 0. The van der Waals surface area contributed by atoms with Gasteiger partial charge in [-0.1, -0.05) is 6.07 Å². The summed E-state index contributed by atoms with van der Waals surface area (Å²) in [6.45, 7) is 2.83. The van der Waals surface area contributed by atoms with Crippen molar-refractivity contribution in [2.45, 2.75) is 25.4 Å². The number of aliphatic hydroxyl groups is 1. The molecular formula is C12H16N2O2. The average Bonchev–Trinajstić information content (AvgIpc) is 2.60. The van der Waals surface area contributed by atoms with E-state index in [9.17, 15) is 9.90 Å². The first-order valence-corrected chi connectivity index (χ1v) is 5.47. The van der Waals surface area contributed by atoms with E-state index in [1.165, 1.54) is 0 Å². The van der Waals surface area contributed by atoms with Gasteiger partial charge in [0.25, 0.3) is 0 Å². The van der Waals surface area contributed by atoms with Crippen LogP contribution in [0.5, 0.6) is 0 Å². The molecule has 1 saturated heterocycles. The molecule has 0 aliphatic carbocycles. The number of hydrogen-bond acceptors (Lipinski definition) is 3. The number of rotatable bonds is 2. The molecule has 0 radical (unpaired) electrons. The zero-order valence-corrected chi connectivity index (χ0v) is 9.39. The van der Waals surface area contributed by atoms with E-state index in [0.717, 1.165) is 5.69 Å². The van der Waals surface area contributed by atoms with Gasteiger partial charge in [0.2, 0.25) is 5.91 Å². The van der Waals surface area contributed by atoms with Gasteiger partial charge in [0.1, 0.15) is 0 Å². The van der Waals surface area contributed by atoms with Gasteiger partial charge < -0.3 is 10.0 Å². The Morgan fingerprint density at radius 2 is 2.44 bits per heavy atom. The molecule has 4 nitrogen and oxygen atoms in total. The van der Waals surface area contributed by atoms with Gasteiger partial charge in [-0.2, -0.15) is 0 Å². The maximum Gasteiger partial charge on any atom is 0.228 e. The second-order valence-electron chi connectivity index (χ2n) is 4.56. The van der Waals surface area contributed by atoms with E-state index in [-0.39, 0.29) is 5.91 Å². The van der Waals surface area contributed by atoms with E-state index in [4.69, 9.17) is 0 Å². The van der Waals surface area contributed by atoms with Crippen molar-refractivity contribution >= 4 is 5.91 Å². The van der Waals surface area contributed by atoms with Gasteiger partial charge >= 0.3 is 0 Å². The van der Waals surface area contributed by atoms with Crippen LogP contribution in [0.1, 0.15) is 19.0 Å². The maximum atomic E-state index is 11.9. The van der Waals surface area contributed by atoms with Gasteiger partial charge in [-0.15, -0.1) is 0 Å². The fourth-order valence-corrected chi connectivity index (χ4v) is 1.93. The van der Waals surface area contributed by atoms with E-state index >= 15 is 0 Å². The van der Waals surface area contributed by atoms with Crippen LogP contribution in [0.15, 0.2) is 24.4 Å². The third kappa shape index (κ3) is 2.58. The summed E-state index contributed by atoms with van der Waals surface area (Å²) in [5, 5.41) is 9.77. The number of likely N-dealkylation sites (tertiary alicyclic amines) is 1. The molecular weight excluding hydrogens is 204 g/mol. The molecule has 16 heavy (non-hydrogen) atoms. The molecule has 4 heteroatoms. The molecule has 2 rings (SSSR count). The predicted molar refractivity (Wildman–Crippen MR) is 59.8 cm³/mol. The lowest BCUT2D eigenvalue weighted by atomic mass is 10.1. The van der Waals surface area contributed by atoms with Gasteiger partial charge in [-0.3, -0.25) is 9.78 Å². The molecule has 0 spiro atoms. The van der Waals surface area contributed by atoms with Crippen molar-refractivity contribution in [2.75, 3.05) is 13.1 Å². The van der Waals surface area contributed by atoms with Crippen LogP contribution in [-0.4, -0.2) is 39.6 Å². The normalized spacial score (nSPS) is 24.8. The second kappa shape index (κ2) is 4.22. The molecule has 0 aromatic carbocycles. The standard InChI is InChI=1S/C12H16N2O2/c1-12(16)5-7-14(9-12)11(15)8-10-4-2-3-6-13-10/h2-4,6,16H,5,7-9H2,1H3. The number of pyridine rings is 1. The fraction of sp³-hybridized carbons (Fsp3) is 0.500. The van der Waals surface area contributed by atoms with Gasteiger partial charge in [-0.05, 0) is 25.5 Å². The minimum absolute atomic E-state index is 0.0384. The first-order chi connectivity index (χ1) is 7.57. The quantitative estimate of drug-likeness (QED) is 0.794.